The summed E-state index contributed by atoms with van der Waals surface area (Å²) >= 11 is 0. The molecule has 0 bridgehead atoms. The number of nitrogens with zero attached hydrogens (tertiary/aromatic N) is 1. The fourth-order valence-electron chi connectivity index (χ4n) is 3.12. The molecule has 0 radical (unpaired) electrons. The van der Waals surface area contributed by atoms with Crippen LogP contribution in [-0.2, 0) is 9.53 Å². The second kappa shape index (κ2) is 6.28. The molecule has 3 atom stereocenters. The molecule has 1 saturated heterocycles. The van der Waals surface area contributed by atoms with Crippen molar-refractivity contribution in [3.8, 4) is 0 Å². The molecule has 124 valence electrons. The van der Waals surface area contributed by atoms with E-state index in [0.29, 0.717) is 13.0 Å². The molecule has 2 N–H and O–H groups in total. The van der Waals surface area contributed by atoms with Crippen LogP contribution >= 0.6 is 0 Å². The SMILES string of the molecule is CC(C)(C)OC(=O)N1CCC[C@H]1/C=C1\C[C@H](O)C[C@H]1C(=O)O. The second-order valence-corrected chi connectivity index (χ2v) is 7.11. The van der Waals surface area contributed by atoms with Crippen molar-refractivity contribution >= 4 is 12.1 Å². The van der Waals surface area contributed by atoms with Gasteiger partial charge in [-0.1, -0.05) is 11.6 Å². The number of likely N-dealkylation sites (tertiary alicyclic amines) is 1. The van der Waals surface area contributed by atoms with Gasteiger partial charge in [-0.15, -0.1) is 0 Å². The highest BCUT2D eigenvalue weighted by Crippen LogP contribution is 2.34. The maximum atomic E-state index is 12.2. The molecule has 0 aromatic heterocycles. The van der Waals surface area contributed by atoms with Crippen molar-refractivity contribution in [2.75, 3.05) is 6.54 Å². The van der Waals surface area contributed by atoms with Gasteiger partial charge in [-0.25, -0.2) is 4.79 Å². The maximum absolute atomic E-state index is 12.2. The number of hydrogen-bond donors (Lipinski definition) is 2. The van der Waals surface area contributed by atoms with E-state index < -0.39 is 23.6 Å². The topological polar surface area (TPSA) is 87.1 Å². The Morgan fingerprint density at radius 2 is 2.05 bits per heavy atom. The number of aliphatic carboxylic acids is 1. The van der Waals surface area contributed by atoms with Crippen LogP contribution in [0.5, 0.6) is 0 Å². The zero-order valence-electron chi connectivity index (χ0n) is 13.4. The minimum atomic E-state index is -0.912. The Balaban J connectivity index is 2.12. The van der Waals surface area contributed by atoms with Crippen molar-refractivity contribution in [3.05, 3.63) is 11.6 Å². The third-order valence-electron chi connectivity index (χ3n) is 4.06. The fourth-order valence-corrected chi connectivity index (χ4v) is 3.12. The first-order chi connectivity index (χ1) is 10.2. The zero-order valence-corrected chi connectivity index (χ0v) is 13.4. The van der Waals surface area contributed by atoms with Crippen LogP contribution in [0.2, 0.25) is 0 Å². The summed E-state index contributed by atoms with van der Waals surface area (Å²) in [6.07, 6.45) is 3.17. The number of carboxylic acids is 1. The summed E-state index contributed by atoms with van der Waals surface area (Å²) in [6, 6.07) is -0.142. The summed E-state index contributed by atoms with van der Waals surface area (Å²) in [6.45, 7) is 6.08. The standard InChI is InChI=1S/C16H25NO5/c1-16(2,3)22-15(21)17-6-4-5-11(17)7-10-8-12(18)9-13(10)14(19)20/h7,11-13,18H,4-6,8-9H2,1-3H3,(H,19,20)/b10-7+/t11-,12-,13+/m0/s1. The van der Waals surface area contributed by atoms with E-state index >= 15 is 0 Å². The van der Waals surface area contributed by atoms with Crippen LogP contribution in [0.15, 0.2) is 11.6 Å². The molecule has 6 nitrogen and oxygen atoms in total. The molecule has 2 aliphatic rings. The number of aliphatic hydroxyl groups excluding tert-OH is 1. The normalized spacial score (nSPS) is 30.8. The Morgan fingerprint density at radius 3 is 2.64 bits per heavy atom. The third-order valence-corrected chi connectivity index (χ3v) is 4.06. The number of ether oxygens (including phenoxy) is 1. The summed E-state index contributed by atoms with van der Waals surface area (Å²) in [4.78, 5) is 25.2. The molecule has 1 aliphatic heterocycles. The zero-order chi connectivity index (χ0) is 16.5. The monoisotopic (exact) mass is 311 g/mol. The third kappa shape index (κ3) is 4.00. The Hall–Kier alpha value is -1.56. The average Bonchev–Trinajstić information content (AvgIpc) is 2.94. The highest BCUT2D eigenvalue weighted by Gasteiger charge is 2.36. The number of carbonyl (C=O) groups excluding carboxylic acids is 1. The molecule has 1 aliphatic carbocycles. The molecule has 0 aromatic rings. The van der Waals surface area contributed by atoms with Crippen LogP contribution in [0.3, 0.4) is 0 Å². The largest absolute Gasteiger partial charge is 0.481 e. The van der Waals surface area contributed by atoms with Crippen molar-refractivity contribution in [1.82, 2.24) is 4.90 Å². The smallest absolute Gasteiger partial charge is 0.410 e. The maximum Gasteiger partial charge on any atom is 0.410 e. The van der Waals surface area contributed by atoms with Gasteiger partial charge >= 0.3 is 12.1 Å². The summed E-state index contributed by atoms with van der Waals surface area (Å²) in [5.74, 6) is -1.55. The Bertz CT molecular complexity index is 479. The summed E-state index contributed by atoms with van der Waals surface area (Å²) in [5, 5.41) is 19.0. The van der Waals surface area contributed by atoms with E-state index in [9.17, 15) is 19.8 Å². The van der Waals surface area contributed by atoms with Crippen molar-refractivity contribution in [1.29, 1.82) is 0 Å². The van der Waals surface area contributed by atoms with Gasteiger partial charge in [0.1, 0.15) is 5.60 Å². The molecule has 0 aromatic carbocycles. The first-order valence-electron chi connectivity index (χ1n) is 7.78. The van der Waals surface area contributed by atoms with E-state index in [1.54, 1.807) is 4.90 Å². The summed E-state index contributed by atoms with van der Waals surface area (Å²) in [5.41, 5.74) is 0.172. The minimum absolute atomic E-state index is 0.142. The minimum Gasteiger partial charge on any atom is -0.481 e. The van der Waals surface area contributed by atoms with Crippen LogP contribution in [0.25, 0.3) is 0 Å². The van der Waals surface area contributed by atoms with Gasteiger partial charge in [-0.05, 0) is 46.5 Å². The Labute approximate surface area is 130 Å². The Kier molecular flexibility index (Phi) is 4.80. The molecule has 0 unspecified atom stereocenters. The molecule has 1 saturated carbocycles. The van der Waals surface area contributed by atoms with E-state index in [0.717, 1.165) is 18.4 Å². The fraction of sp³-hybridized carbons (Fsp3) is 0.750. The lowest BCUT2D eigenvalue weighted by atomic mass is 10.00. The van der Waals surface area contributed by atoms with Crippen LogP contribution in [0.1, 0.15) is 46.5 Å². The molecule has 1 heterocycles. The lowest BCUT2D eigenvalue weighted by Crippen LogP contribution is -2.39. The summed E-state index contributed by atoms with van der Waals surface area (Å²) < 4.78 is 5.40. The van der Waals surface area contributed by atoms with Crippen molar-refractivity contribution < 1.29 is 24.5 Å². The van der Waals surface area contributed by atoms with Crippen molar-refractivity contribution in [2.45, 2.75) is 64.2 Å². The van der Waals surface area contributed by atoms with Crippen molar-refractivity contribution in [2.24, 2.45) is 5.92 Å². The molecular formula is C16H25NO5. The number of carboxylic acid groups (broad SMARTS) is 1. The van der Waals surface area contributed by atoms with E-state index in [1.165, 1.54) is 0 Å². The van der Waals surface area contributed by atoms with Crippen LogP contribution in [0.4, 0.5) is 4.79 Å². The van der Waals surface area contributed by atoms with Crippen LogP contribution < -0.4 is 0 Å². The van der Waals surface area contributed by atoms with Gasteiger partial charge in [-0.2, -0.15) is 0 Å². The van der Waals surface area contributed by atoms with Gasteiger partial charge < -0.3 is 19.8 Å². The number of carbonyl (C=O) groups is 2. The summed E-state index contributed by atoms with van der Waals surface area (Å²) in [7, 11) is 0. The van der Waals surface area contributed by atoms with Crippen LogP contribution in [0, 0.1) is 5.92 Å². The molecule has 1 amide bonds. The molecule has 2 fully saturated rings. The molecule has 6 heteroatoms. The highest BCUT2D eigenvalue weighted by atomic mass is 16.6. The lowest BCUT2D eigenvalue weighted by Gasteiger charge is -2.27. The van der Waals surface area contributed by atoms with E-state index in [-0.39, 0.29) is 18.6 Å². The van der Waals surface area contributed by atoms with E-state index in [2.05, 4.69) is 0 Å². The number of rotatable bonds is 2. The number of hydrogen-bond acceptors (Lipinski definition) is 4. The predicted molar refractivity (Wildman–Crippen MR) is 80.4 cm³/mol. The van der Waals surface area contributed by atoms with E-state index in [4.69, 9.17) is 4.74 Å². The second-order valence-electron chi connectivity index (χ2n) is 7.11. The molecule has 22 heavy (non-hydrogen) atoms. The molecular weight excluding hydrogens is 286 g/mol. The van der Waals surface area contributed by atoms with Gasteiger partial charge in [-0.3, -0.25) is 4.79 Å². The first-order valence-corrected chi connectivity index (χ1v) is 7.78. The van der Waals surface area contributed by atoms with Gasteiger partial charge in [0.2, 0.25) is 0 Å². The Morgan fingerprint density at radius 1 is 1.36 bits per heavy atom. The van der Waals surface area contributed by atoms with Gasteiger partial charge in [0.15, 0.2) is 0 Å². The quantitative estimate of drug-likeness (QED) is 0.763. The van der Waals surface area contributed by atoms with Crippen molar-refractivity contribution in [3.63, 3.8) is 0 Å². The van der Waals surface area contributed by atoms with Crippen LogP contribution in [-0.4, -0.2) is 51.5 Å². The highest BCUT2D eigenvalue weighted by molar-refractivity contribution is 5.75. The number of amides is 1. The van der Waals surface area contributed by atoms with Gasteiger partial charge in [0.05, 0.1) is 18.1 Å². The predicted octanol–water partition coefficient (Wildman–Crippen LogP) is 2.17. The molecule has 0 spiro atoms. The lowest BCUT2D eigenvalue weighted by molar-refractivity contribution is -0.140. The first kappa shape index (κ1) is 16.8. The van der Waals surface area contributed by atoms with Gasteiger partial charge in [0, 0.05) is 6.54 Å². The van der Waals surface area contributed by atoms with Gasteiger partial charge in [0.25, 0.3) is 0 Å². The van der Waals surface area contributed by atoms with E-state index in [1.807, 2.05) is 26.8 Å². The number of aliphatic hydroxyl groups is 1. The molecule has 2 rings (SSSR count). The average molecular weight is 311 g/mol.